The quantitative estimate of drug-likeness (QED) is 0.0553. The maximum absolute atomic E-state index is 13.3. The number of allylic oxidation sites excluding steroid dienone is 3. The number of esters is 2. The Balaban J connectivity index is 1.11. The Bertz CT molecular complexity index is 2170. The zero-order valence-corrected chi connectivity index (χ0v) is 45.9. The number of carbonyl (C=O) groups is 2. The van der Waals surface area contributed by atoms with E-state index in [0.717, 1.165) is 18.4 Å². The first-order chi connectivity index (χ1) is 35.4. The summed E-state index contributed by atoms with van der Waals surface area (Å²) >= 11 is 0. The fraction of sp³-hybridized carbons (Fsp3) is 0.891. The van der Waals surface area contributed by atoms with Gasteiger partial charge in [0, 0.05) is 17.9 Å². The Morgan fingerprint density at radius 1 is 0.697 bits per heavy atom. The SMILES string of the molecule is CC=C(C)C(=O)O[C@H]1[C@H](O)[C@]2(COC(C)=O)[C@H](O)C[C@]3(C)C(=CC[C@@H]4[C@@]5(C)CC[C@H](O[C@@H]6O[C@H](CO)[C@@H](O)[C@H](O[C@H]7O[C@@H](C)[C@H](O)[C@@H](O)[C@H]7O)[C@H]6O[C@@H]6O[C@H](CO)[C@H](O)[C@H](O)[C@H]6O)C(C)(C)[C@@H]5CC[C@]43C)[C@H]2CC1(C)C. The molecule has 11 N–H and O–H groups in total. The molecule has 0 unspecified atom stereocenters. The third-order valence-corrected chi connectivity index (χ3v) is 20.9. The Kier molecular flexibility index (Phi) is 17.0. The summed E-state index contributed by atoms with van der Waals surface area (Å²) in [5.41, 5.74) is -2.58. The van der Waals surface area contributed by atoms with Gasteiger partial charge < -0.3 is 94.1 Å². The zero-order chi connectivity index (χ0) is 56.2. The highest BCUT2D eigenvalue weighted by Crippen LogP contribution is 2.76. The highest BCUT2D eigenvalue weighted by atomic mass is 16.8. The number of aliphatic hydroxyl groups is 11. The second-order valence-corrected chi connectivity index (χ2v) is 25.7. The molecule has 8 rings (SSSR count). The van der Waals surface area contributed by atoms with Crippen LogP contribution in [0.4, 0.5) is 0 Å². The molecular formula is C55H88O21. The molecule has 0 aromatic rings. The number of rotatable bonds is 12. The third kappa shape index (κ3) is 9.56. The standard InChI is InChI=1S/C55H88O21/c1-12-24(2)46(68)76-45-44(67)55(23-69-26(4)58)28(19-50(45,5)6)27-13-14-32-52(9)17-16-34(51(7,8)31(52)15-18-53(32,10)54(27,11)20-33(55)59)73-49-43(75-48-41(66)39(64)36(61)29(21-56)71-48)42(37(62)30(22-57)72-49)74-47-40(65)38(63)35(60)25(3)70-47/h12-13,25,28-45,47-49,56-57,59-67H,14-23H2,1-11H3/t25-,28+,29+,30+,31-,32+,33+,34-,35-,36-,37+,38+,39-,40+,41+,42-,43+,44-,45-,47+,48-,49-,52-,53+,54+,55-/m0/s1. The van der Waals surface area contributed by atoms with Gasteiger partial charge in [-0.05, 0) is 105 Å². The lowest BCUT2D eigenvalue weighted by molar-refractivity contribution is -0.398. The van der Waals surface area contributed by atoms with Crippen LogP contribution in [-0.4, -0.2) is 204 Å². The average molecular weight is 1090 g/mol. The highest BCUT2D eigenvalue weighted by molar-refractivity contribution is 5.87. The van der Waals surface area contributed by atoms with E-state index in [9.17, 15) is 65.8 Å². The van der Waals surface area contributed by atoms with Crippen molar-refractivity contribution in [2.24, 2.45) is 50.2 Å². The van der Waals surface area contributed by atoms with Gasteiger partial charge in [0.1, 0.15) is 86.0 Å². The van der Waals surface area contributed by atoms with E-state index in [-0.39, 0.29) is 35.7 Å². The van der Waals surface area contributed by atoms with E-state index in [1.807, 2.05) is 13.8 Å². The second-order valence-electron chi connectivity index (χ2n) is 25.7. The summed E-state index contributed by atoms with van der Waals surface area (Å²) in [6.07, 6.45) is -20.6. The summed E-state index contributed by atoms with van der Waals surface area (Å²) < 4.78 is 49.2. The number of carbonyl (C=O) groups excluding carboxylic acids is 2. The van der Waals surface area contributed by atoms with Crippen LogP contribution in [0.2, 0.25) is 0 Å². The first kappa shape index (κ1) is 59.9. The van der Waals surface area contributed by atoms with Crippen molar-refractivity contribution in [3.8, 4) is 0 Å². The van der Waals surface area contributed by atoms with Gasteiger partial charge in [0.25, 0.3) is 0 Å². The maximum atomic E-state index is 13.3. The molecule has 5 aliphatic carbocycles. The molecule has 0 radical (unpaired) electrons. The van der Waals surface area contributed by atoms with E-state index in [4.69, 9.17) is 37.9 Å². The number of aliphatic hydroxyl groups excluding tert-OH is 11. The molecule has 8 aliphatic rings. The Hall–Kier alpha value is -2.26. The van der Waals surface area contributed by atoms with Crippen LogP contribution in [0.5, 0.6) is 0 Å². The maximum Gasteiger partial charge on any atom is 0.333 e. The molecule has 3 saturated heterocycles. The predicted octanol–water partition coefficient (Wildman–Crippen LogP) is 0.642. The number of fused-ring (bicyclic) bond motifs is 7. The Morgan fingerprint density at radius 2 is 1.29 bits per heavy atom. The van der Waals surface area contributed by atoms with Crippen LogP contribution in [-0.2, 0) is 47.5 Å². The molecule has 0 aromatic carbocycles. The number of ether oxygens (including phenoxy) is 8. The first-order valence-electron chi connectivity index (χ1n) is 27.4. The van der Waals surface area contributed by atoms with E-state index >= 15 is 0 Å². The van der Waals surface area contributed by atoms with Crippen LogP contribution < -0.4 is 0 Å². The van der Waals surface area contributed by atoms with E-state index in [0.29, 0.717) is 31.3 Å². The van der Waals surface area contributed by atoms with Crippen LogP contribution >= 0.6 is 0 Å². The molecule has 0 bridgehead atoms. The molecule has 0 spiro atoms. The topological polar surface area (TPSA) is 331 Å². The summed E-state index contributed by atoms with van der Waals surface area (Å²) in [5.74, 6) is -1.48. The van der Waals surface area contributed by atoms with Gasteiger partial charge in [-0.15, -0.1) is 0 Å². The normalized spacial score (nSPS) is 51.0. The van der Waals surface area contributed by atoms with Crippen molar-refractivity contribution < 1.29 is 104 Å². The lowest BCUT2D eigenvalue weighted by atomic mass is 9.33. The van der Waals surface area contributed by atoms with Gasteiger partial charge in [-0.2, -0.15) is 0 Å². The van der Waals surface area contributed by atoms with Gasteiger partial charge in [0.15, 0.2) is 18.9 Å². The van der Waals surface area contributed by atoms with Crippen molar-refractivity contribution in [1.82, 2.24) is 0 Å². The average Bonchev–Trinajstić information content (AvgIpc) is 3.35. The molecule has 434 valence electrons. The zero-order valence-electron chi connectivity index (χ0n) is 45.9. The monoisotopic (exact) mass is 1080 g/mol. The molecule has 3 heterocycles. The van der Waals surface area contributed by atoms with Crippen molar-refractivity contribution >= 4 is 11.9 Å². The summed E-state index contributed by atoms with van der Waals surface area (Å²) in [6, 6.07) is 0. The molecule has 4 saturated carbocycles. The van der Waals surface area contributed by atoms with Crippen molar-refractivity contribution in [3.63, 3.8) is 0 Å². The van der Waals surface area contributed by atoms with Crippen molar-refractivity contribution in [2.75, 3.05) is 19.8 Å². The van der Waals surface area contributed by atoms with Crippen LogP contribution in [0, 0.1) is 50.2 Å². The lowest BCUT2D eigenvalue weighted by Crippen LogP contribution is -2.72. The van der Waals surface area contributed by atoms with Crippen molar-refractivity contribution in [2.45, 2.75) is 238 Å². The fourth-order valence-corrected chi connectivity index (χ4v) is 16.1. The highest BCUT2D eigenvalue weighted by Gasteiger charge is 2.73. The minimum Gasteiger partial charge on any atom is -0.465 e. The molecular weight excluding hydrogens is 997 g/mol. The summed E-state index contributed by atoms with van der Waals surface area (Å²) in [5, 5.41) is 123. The number of hydrogen-bond acceptors (Lipinski definition) is 21. The van der Waals surface area contributed by atoms with Gasteiger partial charge in [0.2, 0.25) is 0 Å². The van der Waals surface area contributed by atoms with Gasteiger partial charge in [0.05, 0.1) is 36.9 Å². The molecule has 21 nitrogen and oxygen atoms in total. The van der Waals surface area contributed by atoms with Gasteiger partial charge >= 0.3 is 11.9 Å². The molecule has 76 heavy (non-hydrogen) atoms. The van der Waals surface area contributed by atoms with E-state index in [2.05, 4.69) is 40.7 Å². The van der Waals surface area contributed by atoms with Gasteiger partial charge in [-0.1, -0.05) is 66.2 Å². The Morgan fingerprint density at radius 3 is 1.91 bits per heavy atom. The van der Waals surface area contributed by atoms with E-state index in [1.54, 1.807) is 19.9 Å². The van der Waals surface area contributed by atoms with Crippen LogP contribution in [0.15, 0.2) is 23.3 Å². The molecule has 3 aliphatic heterocycles. The van der Waals surface area contributed by atoms with Crippen molar-refractivity contribution in [1.29, 1.82) is 0 Å². The van der Waals surface area contributed by atoms with Crippen LogP contribution in [0.1, 0.15) is 121 Å². The summed E-state index contributed by atoms with van der Waals surface area (Å²) in [6.45, 7) is 19.4. The Labute approximate surface area is 445 Å². The smallest absolute Gasteiger partial charge is 0.333 e. The summed E-state index contributed by atoms with van der Waals surface area (Å²) in [4.78, 5) is 25.8. The molecule has 0 aromatic heterocycles. The van der Waals surface area contributed by atoms with E-state index < -0.39 is 169 Å². The number of hydrogen-bond donors (Lipinski definition) is 11. The lowest BCUT2D eigenvalue weighted by Gasteiger charge is -2.72. The van der Waals surface area contributed by atoms with Gasteiger partial charge in [-0.3, -0.25) is 4.79 Å². The van der Waals surface area contributed by atoms with Crippen LogP contribution in [0.25, 0.3) is 0 Å². The van der Waals surface area contributed by atoms with Crippen molar-refractivity contribution in [3.05, 3.63) is 23.3 Å². The van der Waals surface area contributed by atoms with E-state index in [1.165, 1.54) is 13.8 Å². The predicted molar refractivity (Wildman–Crippen MR) is 266 cm³/mol. The minimum absolute atomic E-state index is 0.0123. The third-order valence-electron chi connectivity index (χ3n) is 20.9. The van der Waals surface area contributed by atoms with Crippen LogP contribution in [0.3, 0.4) is 0 Å². The molecule has 26 atom stereocenters. The molecule has 0 amide bonds. The fourth-order valence-electron chi connectivity index (χ4n) is 16.1. The minimum atomic E-state index is -1.91. The van der Waals surface area contributed by atoms with Gasteiger partial charge in [-0.25, -0.2) is 4.79 Å². The largest absolute Gasteiger partial charge is 0.465 e. The molecule has 7 fully saturated rings. The molecule has 21 heteroatoms. The first-order valence-corrected chi connectivity index (χ1v) is 27.4. The second kappa shape index (κ2) is 21.6. The summed E-state index contributed by atoms with van der Waals surface area (Å²) in [7, 11) is 0.